The van der Waals surface area contributed by atoms with E-state index in [1.165, 1.54) is 11.8 Å². The average molecular weight is 352 g/mol. The van der Waals surface area contributed by atoms with Gasteiger partial charge in [0.25, 0.3) is 5.91 Å². The molecule has 1 saturated heterocycles. The first-order chi connectivity index (χ1) is 10.5. The summed E-state index contributed by atoms with van der Waals surface area (Å²) in [6, 6.07) is 5.37. The monoisotopic (exact) mass is 351 g/mol. The molecule has 3 rings (SSSR count). The Hall–Kier alpha value is -1.17. The average Bonchev–Trinajstić information content (AvgIpc) is 2.93. The molecule has 0 unspecified atom stereocenters. The van der Waals surface area contributed by atoms with Gasteiger partial charge in [-0.15, -0.1) is 0 Å². The number of ketones is 1. The van der Waals surface area contributed by atoms with E-state index in [2.05, 4.69) is 6.92 Å². The minimum Gasteiger partial charge on any atom is -0.294 e. The molecule has 1 aliphatic heterocycles. The normalized spacial score (nSPS) is 21.0. The second kappa shape index (κ2) is 6.14. The quantitative estimate of drug-likeness (QED) is 0.612. The molecule has 1 aliphatic carbocycles. The molecule has 0 aromatic heterocycles. The van der Waals surface area contributed by atoms with Crippen molar-refractivity contribution in [1.29, 1.82) is 0 Å². The number of rotatable bonds is 3. The van der Waals surface area contributed by atoms with Crippen LogP contribution in [0.2, 0.25) is 5.02 Å². The highest BCUT2D eigenvalue weighted by Gasteiger charge is 2.38. The van der Waals surface area contributed by atoms with Crippen LogP contribution in [-0.2, 0) is 16.0 Å². The molecule has 1 aromatic carbocycles. The van der Waals surface area contributed by atoms with Gasteiger partial charge < -0.3 is 0 Å². The molecule has 22 heavy (non-hydrogen) atoms. The Morgan fingerprint density at radius 3 is 2.86 bits per heavy atom. The predicted octanol–water partition coefficient (Wildman–Crippen LogP) is 3.84. The molecular formula is C16H14ClNO2S2. The van der Waals surface area contributed by atoms with Gasteiger partial charge in [-0.25, -0.2) is 0 Å². The van der Waals surface area contributed by atoms with E-state index in [4.69, 9.17) is 23.8 Å². The number of Topliss-reactive ketones (excluding diaryl/α,β-unsaturated/α-hetero) is 1. The largest absolute Gasteiger partial charge is 0.294 e. The van der Waals surface area contributed by atoms with Crippen molar-refractivity contribution in [3.63, 3.8) is 0 Å². The van der Waals surface area contributed by atoms with Crippen LogP contribution in [0.15, 0.2) is 23.1 Å². The topological polar surface area (TPSA) is 37.4 Å². The zero-order chi connectivity index (χ0) is 15.9. The zero-order valence-corrected chi connectivity index (χ0v) is 14.4. The molecule has 2 aliphatic rings. The molecule has 0 bridgehead atoms. The van der Waals surface area contributed by atoms with Crippen LogP contribution < -0.4 is 0 Å². The molecule has 6 heteroatoms. The van der Waals surface area contributed by atoms with Crippen molar-refractivity contribution in [3.8, 4) is 0 Å². The van der Waals surface area contributed by atoms with Crippen molar-refractivity contribution in [3.05, 3.63) is 39.3 Å². The highest BCUT2D eigenvalue weighted by molar-refractivity contribution is 8.26. The van der Waals surface area contributed by atoms with Gasteiger partial charge in [0, 0.05) is 23.6 Å². The number of nitrogens with zero attached hydrogens (tertiary/aromatic N) is 1. The van der Waals surface area contributed by atoms with Crippen LogP contribution in [0.3, 0.4) is 0 Å². The summed E-state index contributed by atoms with van der Waals surface area (Å²) in [5, 5.41) is 0.562. The maximum Gasteiger partial charge on any atom is 0.266 e. The Balaban J connectivity index is 2.05. The van der Waals surface area contributed by atoms with Gasteiger partial charge in [-0.3, -0.25) is 14.5 Å². The van der Waals surface area contributed by atoms with Gasteiger partial charge in [0.15, 0.2) is 5.78 Å². The molecule has 1 aromatic rings. The first-order valence-corrected chi connectivity index (χ1v) is 8.73. The molecule has 0 atom stereocenters. The first-order valence-electron chi connectivity index (χ1n) is 7.13. The van der Waals surface area contributed by atoms with Crippen LogP contribution >= 0.6 is 35.6 Å². The molecule has 1 amide bonds. The fraction of sp³-hybridized carbons (Fsp3) is 0.312. The lowest BCUT2D eigenvalue weighted by molar-refractivity contribution is -0.122. The highest BCUT2D eigenvalue weighted by atomic mass is 35.5. The number of allylic oxidation sites excluding steroid dienone is 1. The predicted molar refractivity (Wildman–Crippen MR) is 93.9 cm³/mol. The summed E-state index contributed by atoms with van der Waals surface area (Å²) in [7, 11) is 0. The Kier molecular flexibility index (Phi) is 4.39. The van der Waals surface area contributed by atoms with Crippen molar-refractivity contribution in [2.45, 2.75) is 26.2 Å². The lowest BCUT2D eigenvalue weighted by atomic mass is 10.1. The first kappa shape index (κ1) is 15.7. The van der Waals surface area contributed by atoms with Crippen molar-refractivity contribution < 1.29 is 9.59 Å². The number of thioether (sulfide) groups is 1. The Bertz CT molecular complexity index is 727. The van der Waals surface area contributed by atoms with Gasteiger partial charge in [0.1, 0.15) is 4.32 Å². The molecule has 1 fully saturated rings. The molecule has 0 spiro atoms. The van der Waals surface area contributed by atoms with E-state index in [0.717, 1.165) is 24.0 Å². The fourth-order valence-corrected chi connectivity index (χ4v) is 4.23. The van der Waals surface area contributed by atoms with Crippen molar-refractivity contribution >= 4 is 57.2 Å². The summed E-state index contributed by atoms with van der Waals surface area (Å²) in [4.78, 5) is 27.0. The van der Waals surface area contributed by atoms with Gasteiger partial charge in [-0.05, 0) is 29.7 Å². The molecule has 0 saturated carbocycles. The number of hydrogen-bond donors (Lipinski definition) is 0. The number of carbonyl (C=O) groups is 2. The maximum absolute atomic E-state index is 12.6. The molecular weight excluding hydrogens is 338 g/mol. The van der Waals surface area contributed by atoms with Gasteiger partial charge in [-0.1, -0.05) is 55.0 Å². The summed E-state index contributed by atoms with van der Waals surface area (Å²) in [5.74, 6) is -0.187. The SMILES string of the molecule is CCCCN1C(=O)/C(=C2/C(=O)Cc3ccc(Cl)cc32)SC1=S. The van der Waals surface area contributed by atoms with Crippen LogP contribution in [0.5, 0.6) is 0 Å². The zero-order valence-electron chi connectivity index (χ0n) is 12.0. The van der Waals surface area contributed by atoms with Gasteiger partial charge in [0.05, 0.1) is 4.91 Å². The fourth-order valence-electron chi connectivity index (χ4n) is 2.65. The molecule has 0 N–H and O–H groups in total. The third-order valence-electron chi connectivity index (χ3n) is 3.78. The summed E-state index contributed by atoms with van der Waals surface area (Å²) in [5.41, 5.74) is 2.17. The van der Waals surface area contributed by atoms with E-state index >= 15 is 0 Å². The van der Waals surface area contributed by atoms with E-state index in [1.807, 2.05) is 6.07 Å². The highest BCUT2D eigenvalue weighted by Crippen LogP contribution is 2.42. The Labute approximate surface area is 143 Å². The van der Waals surface area contributed by atoms with Crippen LogP contribution in [-0.4, -0.2) is 27.5 Å². The summed E-state index contributed by atoms with van der Waals surface area (Å²) >= 11 is 12.6. The molecule has 1 heterocycles. The molecule has 114 valence electrons. The Morgan fingerprint density at radius 2 is 2.14 bits per heavy atom. The molecule has 0 radical (unpaired) electrons. The summed E-state index contributed by atoms with van der Waals surface area (Å²) < 4.78 is 0.532. The van der Waals surface area contributed by atoms with E-state index in [0.29, 0.717) is 32.8 Å². The summed E-state index contributed by atoms with van der Waals surface area (Å²) in [6.45, 7) is 2.67. The van der Waals surface area contributed by atoms with Gasteiger partial charge in [-0.2, -0.15) is 0 Å². The maximum atomic E-state index is 12.6. The lowest BCUT2D eigenvalue weighted by Crippen LogP contribution is -2.29. The second-order valence-corrected chi connectivity index (χ2v) is 7.36. The standard InChI is InChI=1S/C16H14ClNO2S2/c1-2-3-6-18-15(20)14(22-16(18)21)13-11-8-10(17)5-4-9(11)7-12(13)19/h4-5,8H,2-3,6-7H2,1H3/b14-13-. The van der Waals surface area contributed by atoms with Crippen LogP contribution in [0.25, 0.3) is 5.57 Å². The lowest BCUT2D eigenvalue weighted by Gasteiger charge is -2.13. The number of amides is 1. The number of carbonyl (C=O) groups excluding carboxylic acids is 2. The second-order valence-electron chi connectivity index (χ2n) is 5.28. The van der Waals surface area contributed by atoms with E-state index < -0.39 is 0 Å². The van der Waals surface area contributed by atoms with Crippen LogP contribution in [0.4, 0.5) is 0 Å². The van der Waals surface area contributed by atoms with Crippen LogP contribution in [0.1, 0.15) is 30.9 Å². The number of thiocarbonyl (C=S) groups is 1. The van der Waals surface area contributed by atoms with Crippen molar-refractivity contribution in [2.24, 2.45) is 0 Å². The number of halogens is 1. The number of benzene rings is 1. The molecule has 3 nitrogen and oxygen atoms in total. The summed E-state index contributed by atoms with van der Waals surface area (Å²) in [6.07, 6.45) is 2.20. The minimum atomic E-state index is -0.153. The van der Waals surface area contributed by atoms with E-state index in [9.17, 15) is 9.59 Å². The van der Waals surface area contributed by atoms with Crippen molar-refractivity contribution in [2.75, 3.05) is 6.54 Å². The van der Waals surface area contributed by atoms with Crippen molar-refractivity contribution in [1.82, 2.24) is 4.90 Å². The number of hydrogen-bond acceptors (Lipinski definition) is 4. The van der Waals surface area contributed by atoms with Crippen LogP contribution in [0, 0.1) is 0 Å². The minimum absolute atomic E-state index is 0.0340. The third-order valence-corrected chi connectivity index (χ3v) is 5.47. The van der Waals surface area contributed by atoms with Gasteiger partial charge in [0.2, 0.25) is 0 Å². The van der Waals surface area contributed by atoms with E-state index in [-0.39, 0.29) is 11.7 Å². The Morgan fingerprint density at radius 1 is 1.36 bits per heavy atom. The smallest absolute Gasteiger partial charge is 0.266 e. The number of unbranched alkanes of at least 4 members (excludes halogenated alkanes) is 1. The number of fused-ring (bicyclic) bond motifs is 1. The van der Waals surface area contributed by atoms with E-state index in [1.54, 1.807) is 17.0 Å². The van der Waals surface area contributed by atoms with Gasteiger partial charge >= 0.3 is 0 Å². The third kappa shape index (κ3) is 2.62.